The van der Waals surface area contributed by atoms with E-state index in [2.05, 4.69) is 4.99 Å². The highest BCUT2D eigenvalue weighted by Crippen LogP contribution is 2.39. The van der Waals surface area contributed by atoms with E-state index in [0.29, 0.717) is 0 Å². The summed E-state index contributed by atoms with van der Waals surface area (Å²) >= 11 is 0. The fraction of sp³-hybridized carbons (Fsp3) is 0.389. The third-order valence-electron chi connectivity index (χ3n) is 4.73. The fourth-order valence-corrected chi connectivity index (χ4v) is 3.09. The number of aliphatic hydroxyl groups is 3. The number of hydrogen-bond acceptors (Lipinski definition) is 10. The number of carbonyl (C=O) groups is 2. The maximum atomic E-state index is 13.0. The van der Waals surface area contributed by atoms with Crippen molar-refractivity contribution in [1.29, 1.82) is 0 Å². The van der Waals surface area contributed by atoms with Crippen LogP contribution < -0.4 is 4.74 Å². The first-order valence-electron chi connectivity index (χ1n) is 8.26. The molecule has 150 valence electrons. The SMILES string of the molecule is COc1c(O)cc(C(=O)C2C=CC(=O)C3(O)OCC(CO)(CO)N=C23)cc1O. The number of ether oxygens (including phenoxy) is 2. The van der Waals surface area contributed by atoms with Gasteiger partial charge in [-0.05, 0) is 18.2 Å². The average Bonchev–Trinajstić information content (AvgIpc) is 2.68. The zero-order valence-electron chi connectivity index (χ0n) is 14.8. The van der Waals surface area contributed by atoms with E-state index < -0.39 is 65.8 Å². The summed E-state index contributed by atoms with van der Waals surface area (Å²) in [6.07, 6.45) is 2.15. The minimum atomic E-state index is -2.51. The number of Topliss-reactive ketones (excluding diaryl/α,β-unsaturated/α-hetero) is 1. The molecule has 0 amide bonds. The van der Waals surface area contributed by atoms with Gasteiger partial charge in [0.1, 0.15) is 5.54 Å². The number of fused-ring (bicyclic) bond motifs is 1. The molecule has 1 aliphatic carbocycles. The number of phenols is 2. The van der Waals surface area contributed by atoms with Gasteiger partial charge in [0.15, 0.2) is 17.3 Å². The lowest BCUT2D eigenvalue weighted by Crippen LogP contribution is -2.62. The van der Waals surface area contributed by atoms with Crippen LogP contribution in [0.1, 0.15) is 10.4 Å². The van der Waals surface area contributed by atoms with Crippen LogP contribution in [0, 0.1) is 5.92 Å². The summed E-state index contributed by atoms with van der Waals surface area (Å²) in [7, 11) is 1.23. The number of phenolic OH excluding ortho intramolecular Hbond substituents is 2. The first-order chi connectivity index (χ1) is 13.2. The van der Waals surface area contributed by atoms with E-state index in [1.807, 2.05) is 0 Å². The average molecular weight is 393 g/mol. The highest BCUT2D eigenvalue weighted by Gasteiger charge is 2.54. The normalized spacial score (nSPS) is 25.8. The molecule has 5 N–H and O–H groups in total. The van der Waals surface area contributed by atoms with Crippen LogP contribution in [-0.4, -0.2) is 81.1 Å². The van der Waals surface area contributed by atoms with Crippen molar-refractivity contribution < 1.29 is 44.6 Å². The Kier molecular flexibility index (Phi) is 4.98. The van der Waals surface area contributed by atoms with Gasteiger partial charge in [-0.1, -0.05) is 6.08 Å². The summed E-state index contributed by atoms with van der Waals surface area (Å²) in [6.45, 7) is -1.73. The van der Waals surface area contributed by atoms with Gasteiger partial charge in [0.2, 0.25) is 11.5 Å². The van der Waals surface area contributed by atoms with Crippen LogP contribution in [0.5, 0.6) is 17.2 Å². The van der Waals surface area contributed by atoms with Gasteiger partial charge in [0, 0.05) is 5.56 Å². The predicted octanol–water partition coefficient (Wildman–Crippen LogP) is -1.07. The smallest absolute Gasteiger partial charge is 0.272 e. The zero-order valence-corrected chi connectivity index (χ0v) is 14.8. The number of aliphatic imine (C=N–C) groups is 1. The van der Waals surface area contributed by atoms with Gasteiger partial charge in [0.05, 0.1) is 38.6 Å². The van der Waals surface area contributed by atoms with E-state index in [9.17, 15) is 35.1 Å². The van der Waals surface area contributed by atoms with Gasteiger partial charge >= 0.3 is 0 Å². The second-order valence-electron chi connectivity index (χ2n) is 6.58. The lowest BCUT2D eigenvalue weighted by atomic mass is 9.80. The number of methoxy groups -OCH3 is 1. The zero-order chi connectivity index (χ0) is 20.7. The van der Waals surface area contributed by atoms with Crippen molar-refractivity contribution in [2.75, 3.05) is 26.9 Å². The molecule has 2 atom stereocenters. The number of ketones is 2. The minimum Gasteiger partial charge on any atom is -0.504 e. The molecule has 0 saturated carbocycles. The molecule has 0 saturated heterocycles. The largest absolute Gasteiger partial charge is 0.504 e. The van der Waals surface area contributed by atoms with Gasteiger partial charge in [-0.25, -0.2) is 0 Å². The quantitative estimate of drug-likeness (QED) is 0.391. The summed E-state index contributed by atoms with van der Waals surface area (Å²) in [5, 5.41) is 49.6. The van der Waals surface area contributed by atoms with Crippen molar-refractivity contribution in [2.24, 2.45) is 10.9 Å². The molecule has 0 bridgehead atoms. The van der Waals surface area contributed by atoms with Crippen molar-refractivity contribution in [2.45, 2.75) is 11.3 Å². The number of aromatic hydroxyl groups is 2. The van der Waals surface area contributed by atoms with Gasteiger partial charge in [0.25, 0.3) is 5.79 Å². The molecule has 1 aliphatic heterocycles. The Morgan fingerprint density at radius 1 is 1.29 bits per heavy atom. The Balaban J connectivity index is 2.10. The minimum absolute atomic E-state index is 0.144. The summed E-state index contributed by atoms with van der Waals surface area (Å²) in [5.41, 5.74) is -2.07. The molecule has 1 aromatic carbocycles. The van der Waals surface area contributed by atoms with Crippen LogP contribution in [0.4, 0.5) is 0 Å². The van der Waals surface area contributed by atoms with E-state index in [-0.39, 0.29) is 11.3 Å². The summed E-state index contributed by atoms with van der Waals surface area (Å²) in [6, 6.07) is 2.11. The van der Waals surface area contributed by atoms with Crippen LogP contribution >= 0.6 is 0 Å². The molecule has 2 unspecified atom stereocenters. The molecule has 3 rings (SSSR count). The molecule has 10 heteroatoms. The Bertz CT molecular complexity index is 864. The molecule has 0 spiro atoms. The maximum absolute atomic E-state index is 13.0. The Labute approximate surface area is 159 Å². The van der Waals surface area contributed by atoms with Crippen LogP contribution in [0.3, 0.4) is 0 Å². The molecule has 0 radical (unpaired) electrons. The van der Waals surface area contributed by atoms with E-state index in [4.69, 9.17) is 9.47 Å². The summed E-state index contributed by atoms with van der Waals surface area (Å²) < 4.78 is 10.0. The molecular formula is C18H19NO9. The predicted molar refractivity (Wildman–Crippen MR) is 93.5 cm³/mol. The van der Waals surface area contributed by atoms with E-state index >= 15 is 0 Å². The third kappa shape index (κ3) is 2.96. The number of benzene rings is 1. The standard InChI is InChI=1S/C18H19NO9/c1-27-15-11(22)4-9(5-12(15)23)14(25)10-2-3-13(24)18(26)16(10)19-17(6-20,7-21)8-28-18/h2-5,10,20-23,26H,6-8H2,1H3. The molecule has 1 heterocycles. The highest BCUT2D eigenvalue weighted by molar-refractivity contribution is 6.27. The number of aliphatic hydroxyl groups excluding tert-OH is 2. The number of rotatable bonds is 5. The lowest BCUT2D eigenvalue weighted by molar-refractivity contribution is -0.186. The molecule has 10 nitrogen and oxygen atoms in total. The first kappa shape index (κ1) is 20.0. The third-order valence-corrected chi connectivity index (χ3v) is 4.73. The second-order valence-corrected chi connectivity index (χ2v) is 6.58. The van der Waals surface area contributed by atoms with E-state index in [1.165, 1.54) is 13.2 Å². The molecule has 2 aliphatic rings. The topological polar surface area (TPSA) is 166 Å². The lowest BCUT2D eigenvalue weighted by Gasteiger charge is -2.42. The van der Waals surface area contributed by atoms with Crippen molar-refractivity contribution >= 4 is 17.3 Å². The molecule has 28 heavy (non-hydrogen) atoms. The highest BCUT2D eigenvalue weighted by atomic mass is 16.6. The molecule has 0 fully saturated rings. The monoisotopic (exact) mass is 393 g/mol. The van der Waals surface area contributed by atoms with Crippen molar-refractivity contribution in [1.82, 2.24) is 0 Å². The van der Waals surface area contributed by atoms with Crippen LogP contribution in [-0.2, 0) is 9.53 Å². The number of allylic oxidation sites excluding steroid dienone is 1. The number of hydrogen-bond donors (Lipinski definition) is 5. The summed E-state index contributed by atoms with van der Waals surface area (Å²) in [4.78, 5) is 29.3. The van der Waals surface area contributed by atoms with Gasteiger partial charge in [-0.15, -0.1) is 0 Å². The molecule has 1 aromatic rings. The van der Waals surface area contributed by atoms with Crippen molar-refractivity contribution in [3.05, 3.63) is 29.8 Å². The van der Waals surface area contributed by atoms with Crippen LogP contribution in [0.15, 0.2) is 29.3 Å². The number of carbonyl (C=O) groups excluding carboxylic acids is 2. The molecular weight excluding hydrogens is 374 g/mol. The second kappa shape index (κ2) is 6.99. The van der Waals surface area contributed by atoms with E-state index in [1.54, 1.807) is 0 Å². The van der Waals surface area contributed by atoms with Crippen molar-refractivity contribution in [3.8, 4) is 17.2 Å². The summed E-state index contributed by atoms with van der Waals surface area (Å²) in [5.74, 6) is -6.59. The van der Waals surface area contributed by atoms with Gasteiger partial charge < -0.3 is 35.0 Å². The first-order valence-corrected chi connectivity index (χ1v) is 8.26. The Hall–Kier alpha value is -2.79. The van der Waals surface area contributed by atoms with Crippen LogP contribution in [0.25, 0.3) is 0 Å². The van der Waals surface area contributed by atoms with Crippen LogP contribution in [0.2, 0.25) is 0 Å². The Morgan fingerprint density at radius 2 is 1.89 bits per heavy atom. The van der Waals surface area contributed by atoms with Gasteiger partial charge in [-0.3, -0.25) is 14.6 Å². The van der Waals surface area contributed by atoms with Gasteiger partial charge in [-0.2, -0.15) is 0 Å². The Morgan fingerprint density at radius 3 is 2.43 bits per heavy atom. The maximum Gasteiger partial charge on any atom is 0.272 e. The number of nitrogens with zero attached hydrogens (tertiary/aromatic N) is 1. The van der Waals surface area contributed by atoms with Crippen molar-refractivity contribution in [3.63, 3.8) is 0 Å². The molecule has 0 aromatic heterocycles. The van der Waals surface area contributed by atoms with E-state index in [0.717, 1.165) is 18.2 Å². The fourth-order valence-electron chi connectivity index (χ4n) is 3.09.